The fraction of sp³-hybridized carbons (Fsp3) is 0.833. The SMILES string of the molecule is C#CCCCN1CCCC1C(C)C. The van der Waals surface area contributed by atoms with Gasteiger partial charge in [0.1, 0.15) is 0 Å². The minimum atomic E-state index is 0.799. The molecule has 0 bridgehead atoms. The van der Waals surface area contributed by atoms with Gasteiger partial charge in [-0.25, -0.2) is 0 Å². The molecular formula is C12H21N. The third-order valence-electron chi connectivity index (χ3n) is 2.95. The average Bonchev–Trinajstić information content (AvgIpc) is 2.53. The molecule has 1 fully saturated rings. The monoisotopic (exact) mass is 179 g/mol. The summed E-state index contributed by atoms with van der Waals surface area (Å²) in [6.45, 7) is 7.13. The highest BCUT2D eigenvalue weighted by Crippen LogP contribution is 2.23. The largest absolute Gasteiger partial charge is 0.300 e. The van der Waals surface area contributed by atoms with Crippen molar-refractivity contribution in [3.05, 3.63) is 0 Å². The standard InChI is InChI=1S/C12H21N/c1-4-5-6-9-13-10-7-8-12(13)11(2)3/h1,11-12H,5-10H2,2-3H3. The average molecular weight is 179 g/mol. The van der Waals surface area contributed by atoms with Gasteiger partial charge in [-0.05, 0) is 38.3 Å². The maximum Gasteiger partial charge on any atom is 0.0119 e. The van der Waals surface area contributed by atoms with E-state index in [2.05, 4.69) is 24.7 Å². The Morgan fingerprint density at radius 3 is 2.92 bits per heavy atom. The lowest BCUT2D eigenvalue weighted by Gasteiger charge is -2.27. The van der Waals surface area contributed by atoms with Crippen molar-refractivity contribution in [1.82, 2.24) is 4.90 Å². The van der Waals surface area contributed by atoms with Crippen LogP contribution in [0.1, 0.15) is 39.5 Å². The van der Waals surface area contributed by atoms with Crippen LogP contribution in [0.5, 0.6) is 0 Å². The zero-order chi connectivity index (χ0) is 9.68. The Kier molecular flexibility index (Phi) is 4.32. The van der Waals surface area contributed by atoms with E-state index in [1.165, 1.54) is 32.4 Å². The minimum Gasteiger partial charge on any atom is -0.300 e. The number of terminal acetylenes is 1. The topological polar surface area (TPSA) is 3.24 Å². The summed E-state index contributed by atoms with van der Waals surface area (Å²) in [6.07, 6.45) is 10.1. The first-order chi connectivity index (χ1) is 6.25. The molecule has 1 unspecified atom stereocenters. The van der Waals surface area contributed by atoms with Crippen LogP contribution < -0.4 is 0 Å². The lowest BCUT2D eigenvalue weighted by Crippen LogP contribution is -2.34. The van der Waals surface area contributed by atoms with Gasteiger partial charge < -0.3 is 4.90 Å². The molecule has 0 N–H and O–H groups in total. The van der Waals surface area contributed by atoms with Crippen LogP contribution >= 0.6 is 0 Å². The number of hydrogen-bond donors (Lipinski definition) is 0. The van der Waals surface area contributed by atoms with Gasteiger partial charge in [-0.1, -0.05) is 13.8 Å². The van der Waals surface area contributed by atoms with Gasteiger partial charge in [-0.15, -0.1) is 12.3 Å². The summed E-state index contributed by atoms with van der Waals surface area (Å²) in [7, 11) is 0. The van der Waals surface area contributed by atoms with Crippen LogP contribution in [0.3, 0.4) is 0 Å². The zero-order valence-corrected chi connectivity index (χ0v) is 8.92. The second-order valence-electron chi connectivity index (χ2n) is 4.30. The first-order valence-electron chi connectivity index (χ1n) is 5.43. The highest BCUT2D eigenvalue weighted by molar-refractivity contribution is 4.86. The van der Waals surface area contributed by atoms with Crippen molar-refractivity contribution >= 4 is 0 Å². The molecular weight excluding hydrogens is 158 g/mol. The molecule has 0 aliphatic carbocycles. The van der Waals surface area contributed by atoms with E-state index in [9.17, 15) is 0 Å². The molecule has 74 valence electrons. The molecule has 0 radical (unpaired) electrons. The minimum absolute atomic E-state index is 0.799. The van der Waals surface area contributed by atoms with Gasteiger partial charge in [0.05, 0.1) is 0 Å². The Bertz CT molecular complexity index is 178. The van der Waals surface area contributed by atoms with Gasteiger partial charge in [0, 0.05) is 12.5 Å². The van der Waals surface area contributed by atoms with E-state index in [1.54, 1.807) is 0 Å². The van der Waals surface area contributed by atoms with Crippen molar-refractivity contribution < 1.29 is 0 Å². The van der Waals surface area contributed by atoms with E-state index in [1.807, 2.05) is 0 Å². The van der Waals surface area contributed by atoms with E-state index < -0.39 is 0 Å². The van der Waals surface area contributed by atoms with Crippen LogP contribution in [0.4, 0.5) is 0 Å². The van der Waals surface area contributed by atoms with Crippen molar-refractivity contribution in [3.63, 3.8) is 0 Å². The Morgan fingerprint density at radius 2 is 2.31 bits per heavy atom. The Labute approximate surface area is 82.5 Å². The quantitative estimate of drug-likeness (QED) is 0.473. The summed E-state index contributed by atoms with van der Waals surface area (Å²) in [6, 6.07) is 0.817. The van der Waals surface area contributed by atoms with Gasteiger partial charge in [-0.3, -0.25) is 0 Å². The molecule has 0 amide bonds. The van der Waals surface area contributed by atoms with Crippen LogP contribution in [-0.4, -0.2) is 24.0 Å². The molecule has 0 aromatic rings. The van der Waals surface area contributed by atoms with Gasteiger partial charge >= 0.3 is 0 Å². The smallest absolute Gasteiger partial charge is 0.0119 e. The summed E-state index contributed by atoms with van der Waals surface area (Å²) in [5.74, 6) is 3.51. The molecule has 1 rings (SSSR count). The third-order valence-corrected chi connectivity index (χ3v) is 2.95. The summed E-state index contributed by atoms with van der Waals surface area (Å²) < 4.78 is 0. The molecule has 0 aromatic heterocycles. The normalized spacial score (nSPS) is 23.7. The number of rotatable bonds is 4. The highest BCUT2D eigenvalue weighted by atomic mass is 15.2. The molecule has 1 saturated heterocycles. The predicted molar refractivity (Wildman–Crippen MR) is 57.5 cm³/mol. The van der Waals surface area contributed by atoms with Crippen molar-refractivity contribution in [3.8, 4) is 12.3 Å². The van der Waals surface area contributed by atoms with Crippen LogP contribution in [0, 0.1) is 18.3 Å². The Balaban J connectivity index is 2.28. The summed E-state index contributed by atoms with van der Waals surface area (Å²) in [5.41, 5.74) is 0. The van der Waals surface area contributed by atoms with Crippen molar-refractivity contribution in [2.45, 2.75) is 45.6 Å². The zero-order valence-electron chi connectivity index (χ0n) is 8.92. The van der Waals surface area contributed by atoms with Gasteiger partial charge in [0.25, 0.3) is 0 Å². The summed E-state index contributed by atoms with van der Waals surface area (Å²) >= 11 is 0. The van der Waals surface area contributed by atoms with Crippen molar-refractivity contribution in [1.29, 1.82) is 0 Å². The van der Waals surface area contributed by atoms with E-state index in [4.69, 9.17) is 6.42 Å². The summed E-state index contributed by atoms with van der Waals surface area (Å²) in [5, 5.41) is 0. The molecule has 1 heterocycles. The lowest BCUT2D eigenvalue weighted by atomic mass is 10.0. The first-order valence-corrected chi connectivity index (χ1v) is 5.43. The number of likely N-dealkylation sites (tertiary alicyclic amines) is 1. The Morgan fingerprint density at radius 1 is 1.54 bits per heavy atom. The molecule has 1 atom stereocenters. The second kappa shape index (κ2) is 5.29. The van der Waals surface area contributed by atoms with Crippen molar-refractivity contribution in [2.24, 2.45) is 5.92 Å². The van der Waals surface area contributed by atoms with Gasteiger partial charge in [-0.2, -0.15) is 0 Å². The maximum atomic E-state index is 5.24. The molecule has 1 heteroatoms. The van der Waals surface area contributed by atoms with E-state index in [-0.39, 0.29) is 0 Å². The molecule has 1 nitrogen and oxygen atoms in total. The van der Waals surface area contributed by atoms with Gasteiger partial charge in [0.2, 0.25) is 0 Å². The van der Waals surface area contributed by atoms with Crippen molar-refractivity contribution in [2.75, 3.05) is 13.1 Å². The highest BCUT2D eigenvalue weighted by Gasteiger charge is 2.25. The lowest BCUT2D eigenvalue weighted by molar-refractivity contribution is 0.205. The number of nitrogens with zero attached hydrogens (tertiary/aromatic N) is 1. The van der Waals surface area contributed by atoms with Crippen LogP contribution in [0.15, 0.2) is 0 Å². The summed E-state index contributed by atoms with van der Waals surface area (Å²) in [4.78, 5) is 2.61. The first kappa shape index (κ1) is 10.6. The molecule has 13 heavy (non-hydrogen) atoms. The number of hydrogen-bond acceptors (Lipinski definition) is 1. The van der Waals surface area contributed by atoms with Crippen LogP contribution in [-0.2, 0) is 0 Å². The fourth-order valence-electron chi connectivity index (χ4n) is 2.27. The van der Waals surface area contributed by atoms with E-state index >= 15 is 0 Å². The number of unbranched alkanes of at least 4 members (excludes halogenated alkanes) is 1. The second-order valence-corrected chi connectivity index (χ2v) is 4.30. The van der Waals surface area contributed by atoms with E-state index in [0.717, 1.165) is 18.4 Å². The molecule has 0 spiro atoms. The predicted octanol–water partition coefficient (Wildman–Crippen LogP) is 2.52. The van der Waals surface area contributed by atoms with Gasteiger partial charge in [0.15, 0.2) is 0 Å². The maximum absolute atomic E-state index is 5.24. The van der Waals surface area contributed by atoms with Crippen LogP contribution in [0.25, 0.3) is 0 Å². The molecule has 0 saturated carbocycles. The molecule has 1 aliphatic heterocycles. The molecule has 0 aromatic carbocycles. The Hall–Kier alpha value is -0.480. The fourth-order valence-corrected chi connectivity index (χ4v) is 2.27. The van der Waals surface area contributed by atoms with Crippen LogP contribution in [0.2, 0.25) is 0 Å². The molecule has 1 aliphatic rings. The third kappa shape index (κ3) is 3.04. The van der Waals surface area contributed by atoms with E-state index in [0.29, 0.717) is 0 Å².